The summed E-state index contributed by atoms with van der Waals surface area (Å²) in [5.74, 6) is 0.521. The molecule has 1 N–H and O–H groups in total. The number of carbonyl (C=O) groups excluding carboxylic acids is 1. The molecule has 0 unspecified atom stereocenters. The fraction of sp³-hybridized carbons (Fsp3) is 0.533. The minimum atomic E-state index is -0.691. The van der Waals surface area contributed by atoms with Crippen molar-refractivity contribution in [2.75, 3.05) is 26.1 Å². The van der Waals surface area contributed by atoms with Crippen LogP contribution in [-0.2, 0) is 14.3 Å². The average Bonchev–Trinajstić information content (AvgIpc) is 2.42. The Morgan fingerprint density at radius 3 is 2.75 bits per heavy atom. The zero-order valence-corrected chi connectivity index (χ0v) is 12.1. The van der Waals surface area contributed by atoms with Crippen LogP contribution in [0.1, 0.15) is 19.8 Å². The Balaban J connectivity index is 2.14. The molecule has 1 fully saturated rings. The number of methoxy groups -OCH3 is 2. The van der Waals surface area contributed by atoms with Gasteiger partial charge in [-0.15, -0.1) is 0 Å². The third-order valence-corrected chi connectivity index (χ3v) is 3.61. The first kappa shape index (κ1) is 14.7. The second-order valence-electron chi connectivity index (χ2n) is 4.93. The molecule has 0 radical (unpaired) electrons. The van der Waals surface area contributed by atoms with Gasteiger partial charge in [0.05, 0.1) is 19.8 Å². The molecule has 110 valence electrons. The summed E-state index contributed by atoms with van der Waals surface area (Å²) in [7, 11) is 3.27. The summed E-state index contributed by atoms with van der Waals surface area (Å²) in [5, 5.41) is 3.28. The predicted molar refractivity (Wildman–Crippen MR) is 76.0 cm³/mol. The second-order valence-corrected chi connectivity index (χ2v) is 4.93. The van der Waals surface area contributed by atoms with Crippen molar-refractivity contribution in [3.05, 3.63) is 24.3 Å². The van der Waals surface area contributed by atoms with Crippen LogP contribution in [0.2, 0.25) is 0 Å². The van der Waals surface area contributed by atoms with Crippen LogP contribution < -0.4 is 10.1 Å². The minimum Gasteiger partial charge on any atom is -0.497 e. The van der Waals surface area contributed by atoms with Gasteiger partial charge in [0, 0.05) is 31.7 Å². The molecule has 20 heavy (non-hydrogen) atoms. The van der Waals surface area contributed by atoms with Gasteiger partial charge in [0.15, 0.2) is 0 Å². The van der Waals surface area contributed by atoms with E-state index in [2.05, 4.69) is 5.32 Å². The lowest BCUT2D eigenvalue weighted by atomic mass is 9.74. The Kier molecular flexibility index (Phi) is 4.49. The molecule has 0 amide bonds. The average molecular weight is 279 g/mol. The molecule has 0 atom stereocenters. The minimum absolute atomic E-state index is 0.0949. The molecule has 5 nitrogen and oxygen atoms in total. The standard InChI is InChI=1S/C15H21NO4/c1-4-20-14(17)15(9-13(10-15)19-3)16-11-6-5-7-12(8-11)18-2/h5-8,13,16H,4,9-10H2,1-3H3. The highest BCUT2D eigenvalue weighted by Gasteiger charge is 2.52. The SMILES string of the molecule is CCOC(=O)C1(Nc2cccc(OC)c2)CC(OC)C1. The lowest BCUT2D eigenvalue weighted by Crippen LogP contribution is -2.59. The second kappa shape index (κ2) is 6.13. The lowest BCUT2D eigenvalue weighted by Gasteiger charge is -2.45. The molecule has 0 saturated heterocycles. The molecule has 1 aliphatic carbocycles. The summed E-state index contributed by atoms with van der Waals surface area (Å²) in [6.45, 7) is 2.18. The van der Waals surface area contributed by atoms with E-state index in [9.17, 15) is 4.79 Å². The van der Waals surface area contributed by atoms with E-state index < -0.39 is 5.54 Å². The van der Waals surface area contributed by atoms with E-state index in [0.29, 0.717) is 19.4 Å². The molecule has 0 aromatic heterocycles. The Hall–Kier alpha value is -1.75. The van der Waals surface area contributed by atoms with Crippen molar-refractivity contribution in [2.24, 2.45) is 0 Å². The van der Waals surface area contributed by atoms with E-state index in [-0.39, 0.29) is 12.1 Å². The highest BCUT2D eigenvalue weighted by atomic mass is 16.5. The molecular formula is C15H21NO4. The van der Waals surface area contributed by atoms with Crippen LogP contribution in [0.25, 0.3) is 0 Å². The van der Waals surface area contributed by atoms with Gasteiger partial charge in [-0.3, -0.25) is 0 Å². The van der Waals surface area contributed by atoms with Crippen LogP contribution in [0, 0.1) is 0 Å². The summed E-state index contributed by atoms with van der Waals surface area (Å²) >= 11 is 0. The Morgan fingerprint density at radius 1 is 1.40 bits per heavy atom. The lowest BCUT2D eigenvalue weighted by molar-refractivity contribution is -0.157. The van der Waals surface area contributed by atoms with Gasteiger partial charge in [-0.05, 0) is 19.1 Å². The summed E-state index contributed by atoms with van der Waals surface area (Å²) in [6.07, 6.45) is 1.32. The van der Waals surface area contributed by atoms with E-state index in [1.165, 1.54) is 0 Å². The first-order chi connectivity index (χ1) is 9.63. The first-order valence-electron chi connectivity index (χ1n) is 6.76. The fourth-order valence-corrected chi connectivity index (χ4v) is 2.45. The molecule has 0 aliphatic heterocycles. The predicted octanol–water partition coefficient (Wildman–Crippen LogP) is 2.22. The summed E-state index contributed by atoms with van der Waals surface area (Å²) in [6, 6.07) is 7.51. The molecule has 0 heterocycles. The molecule has 2 rings (SSSR count). The summed E-state index contributed by atoms with van der Waals surface area (Å²) in [4.78, 5) is 12.2. The van der Waals surface area contributed by atoms with Crippen LogP contribution in [0.15, 0.2) is 24.3 Å². The molecule has 5 heteroatoms. The van der Waals surface area contributed by atoms with E-state index in [4.69, 9.17) is 14.2 Å². The highest BCUT2D eigenvalue weighted by molar-refractivity contribution is 5.86. The maximum Gasteiger partial charge on any atom is 0.331 e. The van der Waals surface area contributed by atoms with Gasteiger partial charge in [0.2, 0.25) is 0 Å². The van der Waals surface area contributed by atoms with Crippen LogP contribution in [0.5, 0.6) is 5.75 Å². The smallest absolute Gasteiger partial charge is 0.331 e. The number of hydrogen-bond acceptors (Lipinski definition) is 5. The van der Waals surface area contributed by atoms with Gasteiger partial charge in [0.1, 0.15) is 11.3 Å². The maximum absolute atomic E-state index is 12.2. The summed E-state index contributed by atoms with van der Waals surface area (Å²) < 4.78 is 15.7. The summed E-state index contributed by atoms with van der Waals surface area (Å²) in [5.41, 5.74) is 0.148. The van der Waals surface area contributed by atoms with Gasteiger partial charge in [-0.2, -0.15) is 0 Å². The van der Waals surface area contributed by atoms with Crippen molar-refractivity contribution in [1.29, 1.82) is 0 Å². The molecular weight excluding hydrogens is 258 g/mol. The van der Waals surface area contributed by atoms with Crippen molar-refractivity contribution in [3.63, 3.8) is 0 Å². The highest BCUT2D eigenvalue weighted by Crippen LogP contribution is 2.39. The molecule has 1 saturated carbocycles. The topological polar surface area (TPSA) is 56.8 Å². The van der Waals surface area contributed by atoms with Crippen molar-refractivity contribution >= 4 is 11.7 Å². The van der Waals surface area contributed by atoms with Crippen LogP contribution in [0.3, 0.4) is 0 Å². The number of ether oxygens (including phenoxy) is 3. The fourth-order valence-electron chi connectivity index (χ4n) is 2.45. The Morgan fingerprint density at radius 2 is 2.15 bits per heavy atom. The third-order valence-electron chi connectivity index (χ3n) is 3.61. The largest absolute Gasteiger partial charge is 0.497 e. The van der Waals surface area contributed by atoms with Crippen LogP contribution in [-0.4, -0.2) is 38.4 Å². The van der Waals surface area contributed by atoms with Crippen LogP contribution >= 0.6 is 0 Å². The number of esters is 1. The van der Waals surface area contributed by atoms with Gasteiger partial charge < -0.3 is 19.5 Å². The van der Waals surface area contributed by atoms with E-state index in [1.54, 1.807) is 14.2 Å². The number of carbonyl (C=O) groups is 1. The molecule has 0 spiro atoms. The first-order valence-corrected chi connectivity index (χ1v) is 6.76. The van der Waals surface area contributed by atoms with Crippen molar-refractivity contribution < 1.29 is 19.0 Å². The van der Waals surface area contributed by atoms with Crippen molar-refractivity contribution in [3.8, 4) is 5.75 Å². The Labute approximate surface area is 119 Å². The van der Waals surface area contributed by atoms with Crippen molar-refractivity contribution in [2.45, 2.75) is 31.4 Å². The van der Waals surface area contributed by atoms with Gasteiger partial charge in [-0.1, -0.05) is 6.07 Å². The van der Waals surface area contributed by atoms with Gasteiger partial charge >= 0.3 is 5.97 Å². The van der Waals surface area contributed by atoms with Gasteiger partial charge in [0.25, 0.3) is 0 Å². The normalized spacial score (nSPS) is 24.6. The van der Waals surface area contributed by atoms with E-state index in [0.717, 1.165) is 11.4 Å². The van der Waals surface area contributed by atoms with Gasteiger partial charge in [-0.25, -0.2) is 4.79 Å². The monoisotopic (exact) mass is 279 g/mol. The number of hydrogen-bond donors (Lipinski definition) is 1. The van der Waals surface area contributed by atoms with Crippen molar-refractivity contribution in [1.82, 2.24) is 0 Å². The zero-order valence-electron chi connectivity index (χ0n) is 12.1. The number of benzene rings is 1. The zero-order chi connectivity index (χ0) is 14.6. The third kappa shape index (κ3) is 2.88. The van der Waals surface area contributed by atoms with E-state index in [1.807, 2.05) is 31.2 Å². The number of nitrogens with one attached hydrogen (secondary N) is 1. The molecule has 1 aromatic rings. The molecule has 1 aliphatic rings. The quantitative estimate of drug-likeness (QED) is 0.809. The molecule has 0 bridgehead atoms. The number of anilines is 1. The van der Waals surface area contributed by atoms with E-state index >= 15 is 0 Å². The Bertz CT molecular complexity index is 469. The molecule has 1 aromatic carbocycles. The maximum atomic E-state index is 12.2. The van der Waals surface area contributed by atoms with Crippen LogP contribution in [0.4, 0.5) is 5.69 Å². The number of rotatable bonds is 6.